The lowest BCUT2D eigenvalue weighted by molar-refractivity contribution is -0.148. The number of nitrogens with zero attached hydrogens (tertiary/aromatic N) is 11. The van der Waals surface area contributed by atoms with E-state index in [1.807, 2.05) is 109 Å². The van der Waals surface area contributed by atoms with Gasteiger partial charge in [-0.05, 0) is 67.5 Å². The van der Waals surface area contributed by atoms with Crippen molar-refractivity contribution in [1.82, 2.24) is 54.4 Å². The molecule has 5 heterocycles. The van der Waals surface area contributed by atoms with Gasteiger partial charge < -0.3 is 40.9 Å². The third-order valence-electron chi connectivity index (χ3n) is 15.9. The molecule has 0 saturated carbocycles. The fourth-order valence-electron chi connectivity index (χ4n) is 11.2. The van der Waals surface area contributed by atoms with Crippen molar-refractivity contribution in [3.05, 3.63) is 168 Å². The number of amides is 8. The van der Waals surface area contributed by atoms with Crippen molar-refractivity contribution >= 4 is 69.1 Å². The molecule has 0 bridgehead atoms. The van der Waals surface area contributed by atoms with Crippen molar-refractivity contribution in [3.8, 4) is 0 Å². The summed E-state index contributed by atoms with van der Waals surface area (Å²) in [4.78, 5) is 131. The summed E-state index contributed by atoms with van der Waals surface area (Å²) in [6.07, 6.45) is 6.28. The number of likely N-dealkylation sites (N-methyl/N-ethyl adjacent to an activating group) is 4. The Hall–Kier alpha value is -9.40. The number of carbonyl (C=O) groups excluding carboxylic acids is 8. The average molecular weight is 1110 g/mol. The monoisotopic (exact) mass is 1110 g/mol. The topological polar surface area (TPSA) is 265 Å². The maximum Gasteiger partial charge on any atom is 0.255 e. The van der Waals surface area contributed by atoms with E-state index in [2.05, 4.69) is 20.3 Å². The van der Waals surface area contributed by atoms with Gasteiger partial charge in [0.05, 0.1) is 27.9 Å². The van der Waals surface area contributed by atoms with Crippen LogP contribution >= 0.6 is 0 Å². The zero-order chi connectivity index (χ0) is 58.2. The predicted octanol–water partition coefficient (Wildman–Crippen LogP) is 3.68. The highest BCUT2D eigenvalue weighted by Crippen LogP contribution is 2.28. The second kappa shape index (κ2) is 25.4. The number of aromatic nitrogens is 5. The number of primary amides is 2. The Morgan fingerprint density at radius 1 is 0.537 bits per heavy atom. The molecule has 9 rings (SSSR count). The van der Waals surface area contributed by atoms with Crippen LogP contribution in [0.5, 0.6) is 0 Å². The molecule has 2 saturated heterocycles. The molecular weight excluding hydrogens is 1040 g/mol. The van der Waals surface area contributed by atoms with Gasteiger partial charge in [-0.2, -0.15) is 0 Å². The number of aryl methyl sites for hydroxylation is 1. The van der Waals surface area contributed by atoms with Gasteiger partial charge in [-0.25, -0.2) is 0 Å². The highest BCUT2D eigenvalue weighted by atomic mass is 16.2. The fourth-order valence-corrected chi connectivity index (χ4v) is 11.2. The largest absolute Gasteiger partial charge is 0.368 e. The summed E-state index contributed by atoms with van der Waals surface area (Å²) in [5.41, 5.74) is 15.5. The maximum atomic E-state index is 15.2. The van der Waals surface area contributed by atoms with E-state index < -0.39 is 83.5 Å². The van der Waals surface area contributed by atoms with Crippen LogP contribution in [0.1, 0.15) is 69.6 Å². The van der Waals surface area contributed by atoms with E-state index in [1.54, 1.807) is 18.3 Å². The second-order valence-corrected chi connectivity index (χ2v) is 21.2. The minimum atomic E-state index is -1.22. The van der Waals surface area contributed by atoms with Crippen LogP contribution in [0, 0.1) is 0 Å². The van der Waals surface area contributed by atoms with Crippen molar-refractivity contribution in [3.63, 3.8) is 0 Å². The van der Waals surface area contributed by atoms with E-state index in [0.717, 1.165) is 16.5 Å². The van der Waals surface area contributed by atoms with Crippen molar-refractivity contribution < 1.29 is 38.4 Å². The first kappa shape index (κ1) is 57.3. The Balaban J connectivity index is 0.979. The average Bonchev–Trinajstić information content (AvgIpc) is 4.44. The second-order valence-electron chi connectivity index (χ2n) is 21.2. The molecule has 2 fully saturated rings. The van der Waals surface area contributed by atoms with Crippen molar-refractivity contribution in [2.45, 2.75) is 94.2 Å². The molecule has 82 heavy (non-hydrogen) atoms. The number of pyridine rings is 2. The summed E-state index contributed by atoms with van der Waals surface area (Å²) in [5.74, 6) is -4.35. The first-order chi connectivity index (χ1) is 39.5. The zero-order valence-corrected chi connectivity index (χ0v) is 46.4. The lowest BCUT2D eigenvalue weighted by atomic mass is 10.0. The van der Waals surface area contributed by atoms with E-state index in [-0.39, 0.29) is 56.4 Å². The van der Waals surface area contributed by atoms with Crippen LogP contribution in [0.2, 0.25) is 0 Å². The van der Waals surface area contributed by atoms with Gasteiger partial charge in [0, 0.05) is 96.5 Å². The van der Waals surface area contributed by atoms with Gasteiger partial charge in [-0.15, -0.1) is 5.10 Å². The van der Waals surface area contributed by atoms with E-state index >= 15 is 9.59 Å². The first-order valence-electron chi connectivity index (χ1n) is 27.4. The van der Waals surface area contributed by atoms with Crippen LogP contribution in [0.3, 0.4) is 0 Å². The highest BCUT2D eigenvalue weighted by molar-refractivity contribution is 6.02. The van der Waals surface area contributed by atoms with Crippen LogP contribution in [0.4, 0.5) is 0 Å². The summed E-state index contributed by atoms with van der Waals surface area (Å²) >= 11 is 0. The lowest BCUT2D eigenvalue weighted by Crippen LogP contribution is -2.57. The number of likely N-dealkylation sites (tertiary alicyclic amines) is 2. The number of hydrogen-bond acceptors (Lipinski definition) is 12. The quantitative estimate of drug-likeness (QED) is 0.104. The summed E-state index contributed by atoms with van der Waals surface area (Å²) in [6.45, 7) is 0.434. The van der Waals surface area contributed by atoms with Crippen molar-refractivity contribution in [2.75, 3.05) is 41.3 Å². The van der Waals surface area contributed by atoms with Crippen LogP contribution in [-0.4, -0.2) is 179 Å². The predicted molar refractivity (Wildman–Crippen MR) is 305 cm³/mol. The van der Waals surface area contributed by atoms with Gasteiger partial charge in [0.2, 0.25) is 35.4 Å². The maximum absolute atomic E-state index is 15.2. The summed E-state index contributed by atoms with van der Waals surface area (Å²) in [6, 6.07) is 30.1. The highest BCUT2D eigenvalue weighted by Gasteiger charge is 2.44. The molecule has 0 unspecified atom stereocenters. The third-order valence-corrected chi connectivity index (χ3v) is 15.9. The third kappa shape index (κ3) is 12.6. The number of benzene rings is 4. The molecule has 21 nitrogen and oxygen atoms in total. The van der Waals surface area contributed by atoms with Gasteiger partial charge in [0.15, 0.2) is 0 Å². The SMILES string of the molecule is CN(C(=O)c1cnc2ccccc2c1)[C@@H](CCn1cc(C[C@@H](C(=O)N2CCC[C@H]2C(=O)N(C)[C@@H](Cc2ccccc2)C(N)=O)N(C)C(=O)c2cnc3ccccc3c2)nn1)C(=O)N1CCC[C@H]1C(=O)N(C)[C@@H](Cc1ccccc1)C(N)=O. The van der Waals surface area contributed by atoms with Crippen LogP contribution in [0.25, 0.3) is 21.8 Å². The van der Waals surface area contributed by atoms with E-state index in [9.17, 15) is 28.8 Å². The molecule has 6 atom stereocenters. The number of nitrogens with two attached hydrogens (primary N) is 2. The number of hydrogen-bond donors (Lipinski definition) is 2. The fraction of sp³-hybridized carbons (Fsp3) is 0.344. The Kier molecular flexibility index (Phi) is 17.7. The molecule has 424 valence electrons. The van der Waals surface area contributed by atoms with E-state index in [4.69, 9.17) is 11.5 Å². The molecule has 21 heteroatoms. The van der Waals surface area contributed by atoms with Gasteiger partial charge in [0.1, 0.15) is 36.3 Å². The number of fused-ring (bicyclic) bond motifs is 2. The van der Waals surface area contributed by atoms with Gasteiger partial charge in [-0.3, -0.25) is 53.0 Å². The molecule has 2 aliphatic heterocycles. The standard InChI is InChI=1S/C61H67N13O8/c1-68(56(77)43-33-41-21-11-13-23-46(41)64-36-43)48(60(81)73-28-15-25-49(73)58(79)69(2)51(54(62)75)31-39-17-7-5-8-18-39)27-30-72-38-45(66-67-72)35-53(71(4)57(78)44-34-42-22-12-14-24-47(42)65-37-44)61(82)74-29-16-26-50(74)59(80)70(3)52(55(63)76)32-40-19-9-6-10-20-40/h5-14,17-24,33-34,36-38,48-53H,15-16,25-32,35H2,1-4H3,(H2,62,75)(H2,63,76)/t48-,49-,50-,51-,52-,53-/m0/s1. The molecule has 0 spiro atoms. The lowest BCUT2D eigenvalue weighted by Gasteiger charge is -2.35. The number of carbonyl (C=O) groups is 8. The van der Waals surface area contributed by atoms with Crippen molar-refractivity contribution in [2.24, 2.45) is 11.5 Å². The smallest absolute Gasteiger partial charge is 0.255 e. The van der Waals surface area contributed by atoms with Crippen molar-refractivity contribution in [1.29, 1.82) is 0 Å². The molecule has 4 aromatic carbocycles. The van der Waals surface area contributed by atoms with Gasteiger partial charge >= 0.3 is 0 Å². The summed E-state index contributed by atoms with van der Waals surface area (Å²) in [5, 5.41) is 10.3. The molecule has 2 aliphatic rings. The van der Waals surface area contributed by atoms with E-state index in [0.29, 0.717) is 47.8 Å². The molecule has 7 aromatic rings. The van der Waals surface area contributed by atoms with Crippen LogP contribution < -0.4 is 11.5 Å². The minimum absolute atomic E-state index is 0.00653. The minimum Gasteiger partial charge on any atom is -0.368 e. The molecule has 0 aliphatic carbocycles. The van der Waals surface area contributed by atoms with Gasteiger partial charge in [-0.1, -0.05) is 102 Å². The zero-order valence-electron chi connectivity index (χ0n) is 46.4. The normalized spacial score (nSPS) is 16.5. The number of rotatable bonds is 21. The van der Waals surface area contributed by atoms with Gasteiger partial charge in [0.25, 0.3) is 11.8 Å². The first-order valence-corrected chi connectivity index (χ1v) is 27.4. The van der Waals surface area contributed by atoms with E-state index in [1.165, 1.54) is 74.7 Å². The molecule has 4 N–H and O–H groups in total. The molecular formula is C61H67N13O8. The van der Waals surface area contributed by atoms with Crippen LogP contribution in [0.15, 0.2) is 140 Å². The Morgan fingerprint density at radius 2 is 0.963 bits per heavy atom. The van der Waals surface area contributed by atoms with Crippen LogP contribution in [-0.2, 0) is 54.6 Å². The summed E-state index contributed by atoms with van der Waals surface area (Å²) < 4.78 is 1.48. The molecule has 8 amide bonds. The summed E-state index contributed by atoms with van der Waals surface area (Å²) in [7, 11) is 6.04. The molecule has 3 aromatic heterocycles. The Labute approximate surface area is 474 Å². The Bertz CT molecular complexity index is 3510. The Morgan fingerprint density at radius 3 is 1.43 bits per heavy atom. The molecule has 0 radical (unpaired) electrons. The number of para-hydroxylation sites is 2.